The Hall–Kier alpha value is -1.75. The van der Waals surface area contributed by atoms with Crippen LogP contribution in [0.4, 0.5) is 0 Å². The molecule has 0 unspecified atom stereocenters. The van der Waals surface area contributed by atoms with Gasteiger partial charge in [0.1, 0.15) is 5.60 Å². The van der Waals surface area contributed by atoms with Gasteiger partial charge < -0.3 is 19.5 Å². The minimum absolute atomic E-state index is 0.186. The number of carbonyl (C=O) groups excluding carboxylic acids is 1. The van der Waals surface area contributed by atoms with Gasteiger partial charge in [0, 0.05) is 13.0 Å². The van der Waals surface area contributed by atoms with Gasteiger partial charge in [0.15, 0.2) is 11.5 Å². The molecule has 0 fully saturated rings. The maximum absolute atomic E-state index is 11.6. The third kappa shape index (κ3) is 5.27. The average Bonchev–Trinajstić information content (AvgIpc) is 2.61. The largest absolute Gasteiger partial charge is 0.490 e. The molecular formula is C16H23NO4. The zero-order valence-electron chi connectivity index (χ0n) is 12.9. The van der Waals surface area contributed by atoms with E-state index in [-0.39, 0.29) is 12.5 Å². The van der Waals surface area contributed by atoms with E-state index in [1.165, 1.54) is 0 Å². The molecule has 2 rings (SSSR count). The molecule has 0 aromatic heterocycles. The van der Waals surface area contributed by atoms with Crippen LogP contribution >= 0.6 is 0 Å². The number of hydrogen-bond acceptors (Lipinski definition) is 5. The summed E-state index contributed by atoms with van der Waals surface area (Å²) in [7, 11) is 0. The van der Waals surface area contributed by atoms with Gasteiger partial charge >= 0.3 is 5.97 Å². The van der Waals surface area contributed by atoms with Crippen molar-refractivity contribution >= 4 is 5.97 Å². The molecule has 0 saturated carbocycles. The average molecular weight is 293 g/mol. The number of rotatable bonds is 4. The maximum atomic E-state index is 11.6. The van der Waals surface area contributed by atoms with Gasteiger partial charge in [0.2, 0.25) is 0 Å². The lowest BCUT2D eigenvalue weighted by Crippen LogP contribution is -2.31. The Morgan fingerprint density at radius 3 is 2.67 bits per heavy atom. The molecule has 5 nitrogen and oxygen atoms in total. The van der Waals surface area contributed by atoms with Crippen LogP contribution in [-0.4, -0.2) is 31.3 Å². The number of fused-ring (bicyclic) bond motifs is 1. The highest BCUT2D eigenvalue weighted by Gasteiger charge is 2.16. The molecule has 0 bridgehead atoms. The summed E-state index contributed by atoms with van der Waals surface area (Å²) in [6.07, 6.45) is 0.890. The van der Waals surface area contributed by atoms with Crippen molar-refractivity contribution < 1.29 is 19.0 Å². The molecule has 1 heterocycles. The molecule has 0 amide bonds. The van der Waals surface area contributed by atoms with E-state index in [0.29, 0.717) is 19.8 Å². The molecule has 1 N–H and O–H groups in total. The van der Waals surface area contributed by atoms with E-state index in [0.717, 1.165) is 23.5 Å². The van der Waals surface area contributed by atoms with Crippen LogP contribution in [-0.2, 0) is 16.1 Å². The second-order valence-corrected chi connectivity index (χ2v) is 6.02. The predicted molar refractivity (Wildman–Crippen MR) is 79.6 cm³/mol. The molecule has 0 aliphatic carbocycles. The van der Waals surface area contributed by atoms with Crippen molar-refractivity contribution in [3.05, 3.63) is 23.8 Å². The molecule has 1 aromatic rings. The summed E-state index contributed by atoms with van der Waals surface area (Å²) in [5.41, 5.74) is 0.594. The van der Waals surface area contributed by atoms with Gasteiger partial charge in [0.25, 0.3) is 0 Å². The number of carbonyl (C=O) groups is 1. The first-order chi connectivity index (χ1) is 9.94. The highest BCUT2D eigenvalue weighted by Crippen LogP contribution is 2.30. The molecule has 21 heavy (non-hydrogen) atoms. The van der Waals surface area contributed by atoms with Crippen LogP contribution in [0.1, 0.15) is 32.8 Å². The Bertz CT molecular complexity index is 494. The number of esters is 1. The van der Waals surface area contributed by atoms with Crippen molar-refractivity contribution in [1.29, 1.82) is 0 Å². The van der Waals surface area contributed by atoms with E-state index in [2.05, 4.69) is 5.32 Å². The molecule has 5 heteroatoms. The standard InChI is InChI=1S/C16H23NO4/c1-16(2,3)21-15(18)11-17-10-12-5-6-13-14(9-12)20-8-4-7-19-13/h5-6,9,17H,4,7-8,10-11H2,1-3H3. The smallest absolute Gasteiger partial charge is 0.320 e. The monoisotopic (exact) mass is 293 g/mol. The van der Waals surface area contributed by atoms with Crippen LogP contribution in [0.2, 0.25) is 0 Å². The third-order valence-corrected chi connectivity index (χ3v) is 2.83. The second-order valence-electron chi connectivity index (χ2n) is 6.02. The predicted octanol–water partition coefficient (Wildman–Crippen LogP) is 2.28. The van der Waals surface area contributed by atoms with E-state index < -0.39 is 5.60 Å². The fourth-order valence-electron chi connectivity index (χ4n) is 2.00. The van der Waals surface area contributed by atoms with Gasteiger partial charge in [-0.25, -0.2) is 0 Å². The van der Waals surface area contributed by atoms with Gasteiger partial charge in [-0.15, -0.1) is 0 Å². The number of ether oxygens (including phenoxy) is 3. The van der Waals surface area contributed by atoms with E-state index >= 15 is 0 Å². The summed E-state index contributed by atoms with van der Waals surface area (Å²) in [6, 6.07) is 5.82. The van der Waals surface area contributed by atoms with E-state index in [1.54, 1.807) is 0 Å². The first kappa shape index (κ1) is 15.6. The SMILES string of the molecule is CC(C)(C)OC(=O)CNCc1ccc2c(c1)OCCCO2. The van der Waals surface area contributed by atoms with E-state index in [9.17, 15) is 4.79 Å². The van der Waals surface area contributed by atoms with Gasteiger partial charge in [-0.1, -0.05) is 6.07 Å². The first-order valence-electron chi connectivity index (χ1n) is 7.25. The quantitative estimate of drug-likeness (QED) is 0.863. The summed E-state index contributed by atoms with van der Waals surface area (Å²) in [6.45, 7) is 7.69. The van der Waals surface area contributed by atoms with Crippen molar-refractivity contribution in [3.8, 4) is 11.5 Å². The molecule has 1 aliphatic rings. The van der Waals surface area contributed by atoms with Gasteiger partial charge in [-0.2, -0.15) is 0 Å². The number of hydrogen-bond donors (Lipinski definition) is 1. The highest BCUT2D eigenvalue weighted by atomic mass is 16.6. The highest BCUT2D eigenvalue weighted by molar-refractivity contribution is 5.72. The lowest BCUT2D eigenvalue weighted by atomic mass is 10.2. The van der Waals surface area contributed by atoms with Crippen LogP contribution in [0.3, 0.4) is 0 Å². The lowest BCUT2D eigenvalue weighted by Gasteiger charge is -2.19. The topological polar surface area (TPSA) is 56.8 Å². The van der Waals surface area contributed by atoms with Gasteiger partial charge in [-0.3, -0.25) is 4.79 Å². The summed E-state index contributed by atoms with van der Waals surface area (Å²) in [5.74, 6) is 1.30. The normalized spacial score (nSPS) is 14.4. The van der Waals surface area contributed by atoms with Crippen LogP contribution in [0.15, 0.2) is 18.2 Å². The van der Waals surface area contributed by atoms with Crippen LogP contribution < -0.4 is 14.8 Å². The Balaban J connectivity index is 1.84. The summed E-state index contributed by atoms with van der Waals surface area (Å²) >= 11 is 0. The van der Waals surface area contributed by atoms with Crippen LogP contribution in [0.25, 0.3) is 0 Å². The molecule has 1 aromatic carbocycles. The molecule has 116 valence electrons. The van der Waals surface area contributed by atoms with Crippen molar-refractivity contribution in [2.75, 3.05) is 19.8 Å². The van der Waals surface area contributed by atoms with Crippen LogP contribution in [0.5, 0.6) is 11.5 Å². The Morgan fingerprint density at radius 2 is 1.95 bits per heavy atom. The Labute approximate surface area is 125 Å². The van der Waals surface area contributed by atoms with Gasteiger partial charge in [-0.05, 0) is 38.5 Å². The summed E-state index contributed by atoms with van der Waals surface area (Å²) in [4.78, 5) is 11.6. The van der Waals surface area contributed by atoms with Crippen molar-refractivity contribution in [1.82, 2.24) is 5.32 Å². The minimum atomic E-state index is -0.450. The number of nitrogens with one attached hydrogen (secondary N) is 1. The minimum Gasteiger partial charge on any atom is -0.490 e. The van der Waals surface area contributed by atoms with E-state index in [4.69, 9.17) is 14.2 Å². The van der Waals surface area contributed by atoms with E-state index in [1.807, 2.05) is 39.0 Å². The van der Waals surface area contributed by atoms with Crippen LogP contribution in [0, 0.1) is 0 Å². The molecule has 0 atom stereocenters. The number of benzene rings is 1. The zero-order chi connectivity index (χ0) is 15.3. The van der Waals surface area contributed by atoms with Crippen molar-refractivity contribution in [2.24, 2.45) is 0 Å². The summed E-state index contributed by atoms with van der Waals surface area (Å²) < 4.78 is 16.5. The molecule has 0 spiro atoms. The Morgan fingerprint density at radius 1 is 1.24 bits per heavy atom. The summed E-state index contributed by atoms with van der Waals surface area (Å²) in [5, 5.41) is 3.08. The second kappa shape index (κ2) is 6.80. The molecule has 0 saturated heterocycles. The van der Waals surface area contributed by atoms with Crippen molar-refractivity contribution in [2.45, 2.75) is 39.3 Å². The fourth-order valence-corrected chi connectivity index (χ4v) is 2.00. The Kier molecular flexibility index (Phi) is 5.07. The zero-order valence-corrected chi connectivity index (χ0v) is 12.9. The fraction of sp³-hybridized carbons (Fsp3) is 0.562. The molecule has 0 radical (unpaired) electrons. The first-order valence-corrected chi connectivity index (χ1v) is 7.25. The van der Waals surface area contributed by atoms with Crippen molar-refractivity contribution in [3.63, 3.8) is 0 Å². The molecular weight excluding hydrogens is 270 g/mol. The third-order valence-electron chi connectivity index (χ3n) is 2.83. The molecule has 1 aliphatic heterocycles. The lowest BCUT2D eigenvalue weighted by molar-refractivity contribution is -0.153. The maximum Gasteiger partial charge on any atom is 0.320 e. The van der Waals surface area contributed by atoms with Gasteiger partial charge in [0.05, 0.1) is 19.8 Å².